The molecule has 0 aliphatic rings. The van der Waals surface area contributed by atoms with E-state index in [1.165, 1.54) is 0 Å². The maximum Gasteiger partial charge on any atom is 0.356 e. The molecule has 6 nitrogen and oxygen atoms in total. The van der Waals surface area contributed by atoms with E-state index >= 15 is 0 Å². The Balaban J connectivity index is -0.000000108. The standard InChI is InChI=1S/3C2HCl3O2.La/c3*3-2(4,5)1(6)7;/h3*(H,6,7);. The van der Waals surface area contributed by atoms with Crippen molar-refractivity contribution in [1.82, 2.24) is 0 Å². The summed E-state index contributed by atoms with van der Waals surface area (Å²) in [4.78, 5) is 28.9. The molecular weight excluding hydrogens is 626 g/mol. The molecule has 0 amide bonds. The number of carboxylic acids is 3. The summed E-state index contributed by atoms with van der Waals surface area (Å²) in [7, 11) is 0. The van der Waals surface area contributed by atoms with Crippen LogP contribution < -0.4 is 0 Å². The van der Waals surface area contributed by atoms with Crippen molar-refractivity contribution >= 4 is 122 Å². The van der Waals surface area contributed by atoms with Crippen LogP contribution in [0.4, 0.5) is 0 Å². The minimum Gasteiger partial charge on any atom is -0.478 e. The molecule has 0 saturated heterocycles. The van der Waals surface area contributed by atoms with Gasteiger partial charge in [0.25, 0.3) is 11.4 Å². The summed E-state index contributed by atoms with van der Waals surface area (Å²) in [6.07, 6.45) is 0. The van der Waals surface area contributed by atoms with Gasteiger partial charge in [-0.2, -0.15) is 0 Å². The predicted molar refractivity (Wildman–Crippen MR) is 83.8 cm³/mol. The van der Waals surface area contributed by atoms with E-state index in [0.717, 1.165) is 0 Å². The minimum absolute atomic E-state index is 0. The molecule has 0 spiro atoms. The maximum absolute atomic E-state index is 9.62. The molecule has 0 heterocycles. The predicted octanol–water partition coefficient (Wildman–Crippen LogP) is 4.32. The molecule has 0 aromatic carbocycles. The smallest absolute Gasteiger partial charge is 0.356 e. The van der Waals surface area contributed by atoms with E-state index in [1.54, 1.807) is 0 Å². The van der Waals surface area contributed by atoms with Gasteiger partial charge in [0.15, 0.2) is 0 Å². The zero-order valence-electron chi connectivity index (χ0n) is 9.55. The van der Waals surface area contributed by atoms with Gasteiger partial charge in [-0.15, -0.1) is 0 Å². The van der Waals surface area contributed by atoms with Crippen LogP contribution in [-0.2, 0) is 14.4 Å². The van der Waals surface area contributed by atoms with E-state index < -0.39 is 29.3 Å². The monoisotopic (exact) mass is 625 g/mol. The van der Waals surface area contributed by atoms with Gasteiger partial charge in [-0.1, -0.05) is 104 Å². The van der Waals surface area contributed by atoms with Gasteiger partial charge in [-0.05, 0) is 0 Å². The summed E-state index contributed by atoms with van der Waals surface area (Å²) in [6, 6.07) is 0. The maximum atomic E-state index is 9.62. The van der Waals surface area contributed by atoms with Crippen molar-refractivity contribution in [3.63, 3.8) is 0 Å². The van der Waals surface area contributed by atoms with Crippen molar-refractivity contribution in [1.29, 1.82) is 0 Å². The SMILES string of the molecule is O=C(O)C(Cl)(Cl)Cl.O=C(O)C(Cl)(Cl)Cl.O=C(O)C(Cl)(Cl)Cl.[La]. The first-order valence-electron chi connectivity index (χ1n) is 3.73. The number of hydrogen-bond acceptors (Lipinski definition) is 3. The Hall–Kier alpha value is 2.21. The second-order valence-electron chi connectivity index (χ2n) is 2.41. The van der Waals surface area contributed by atoms with Crippen LogP contribution in [0.2, 0.25) is 0 Å². The first-order valence-corrected chi connectivity index (χ1v) is 7.14. The van der Waals surface area contributed by atoms with Gasteiger partial charge in [0, 0.05) is 35.6 Å². The van der Waals surface area contributed by atoms with E-state index in [-0.39, 0.29) is 35.6 Å². The average Bonchev–Trinajstić information content (AvgIpc) is 2.14. The van der Waals surface area contributed by atoms with Crippen LogP contribution in [0.3, 0.4) is 0 Å². The van der Waals surface area contributed by atoms with Crippen molar-refractivity contribution in [2.75, 3.05) is 0 Å². The Morgan fingerprint density at radius 2 is 0.545 bits per heavy atom. The van der Waals surface area contributed by atoms with Gasteiger partial charge in [0.1, 0.15) is 0 Å². The number of carbonyl (C=O) groups is 3. The molecule has 0 unspecified atom stereocenters. The van der Waals surface area contributed by atoms with E-state index in [2.05, 4.69) is 0 Å². The van der Waals surface area contributed by atoms with Crippen molar-refractivity contribution in [2.24, 2.45) is 0 Å². The van der Waals surface area contributed by atoms with Crippen LogP contribution in [0.25, 0.3) is 0 Å². The number of halogens is 9. The number of rotatable bonds is 0. The fourth-order valence-electron chi connectivity index (χ4n) is 0. The molecular formula is C6H3Cl9LaO6. The number of hydrogen-bond donors (Lipinski definition) is 3. The number of carboxylic acid groups (broad SMARTS) is 3. The molecule has 0 rings (SSSR count). The molecule has 0 bridgehead atoms. The molecule has 0 fully saturated rings. The summed E-state index contributed by atoms with van der Waals surface area (Å²) in [6.45, 7) is 0. The molecule has 0 aromatic rings. The van der Waals surface area contributed by atoms with E-state index in [4.69, 9.17) is 120 Å². The van der Waals surface area contributed by atoms with Gasteiger partial charge in [0.05, 0.1) is 0 Å². The molecule has 16 heteroatoms. The third-order valence-electron chi connectivity index (χ3n) is 0.728. The summed E-state index contributed by atoms with van der Waals surface area (Å²) in [5.74, 6) is -4.38. The molecule has 0 aliphatic carbocycles. The molecule has 0 saturated carbocycles. The van der Waals surface area contributed by atoms with Crippen molar-refractivity contribution in [2.45, 2.75) is 11.4 Å². The first kappa shape index (κ1) is 31.9. The molecule has 0 aliphatic heterocycles. The summed E-state index contributed by atoms with van der Waals surface area (Å²) in [5.41, 5.74) is 0. The van der Waals surface area contributed by atoms with Gasteiger partial charge in [-0.25, -0.2) is 14.4 Å². The zero-order chi connectivity index (χ0) is 18.2. The van der Waals surface area contributed by atoms with E-state index in [0.29, 0.717) is 0 Å². The molecule has 22 heavy (non-hydrogen) atoms. The van der Waals surface area contributed by atoms with E-state index in [1.807, 2.05) is 0 Å². The third-order valence-corrected chi connectivity index (χ3v) is 2.18. The molecule has 0 aromatic heterocycles. The average molecular weight is 629 g/mol. The van der Waals surface area contributed by atoms with Crippen molar-refractivity contribution < 1.29 is 65.3 Å². The van der Waals surface area contributed by atoms with Crippen molar-refractivity contribution in [3.8, 4) is 0 Å². The quantitative estimate of drug-likeness (QED) is 0.345. The van der Waals surface area contributed by atoms with Crippen LogP contribution in [0.15, 0.2) is 0 Å². The Morgan fingerprint density at radius 1 is 0.500 bits per heavy atom. The molecule has 0 atom stereocenters. The third kappa shape index (κ3) is 24.5. The Kier molecular flexibility index (Phi) is 19.5. The van der Waals surface area contributed by atoms with Crippen LogP contribution in [-0.4, -0.2) is 44.6 Å². The van der Waals surface area contributed by atoms with Crippen LogP contribution >= 0.6 is 104 Å². The fraction of sp³-hybridized carbons (Fsp3) is 0.500. The van der Waals surface area contributed by atoms with Crippen LogP contribution in [0.1, 0.15) is 0 Å². The summed E-state index contributed by atoms with van der Waals surface area (Å²) in [5, 5.41) is 23.6. The molecule has 129 valence electrons. The molecule has 3 N–H and O–H groups in total. The normalized spacial score (nSPS) is 10.8. The Bertz CT molecular complexity index is 313. The topological polar surface area (TPSA) is 112 Å². The van der Waals surface area contributed by atoms with Crippen LogP contribution in [0.5, 0.6) is 0 Å². The van der Waals surface area contributed by atoms with Gasteiger partial charge < -0.3 is 15.3 Å². The second kappa shape index (κ2) is 13.4. The fourth-order valence-corrected chi connectivity index (χ4v) is 0. The zero-order valence-corrected chi connectivity index (χ0v) is 20.0. The minimum atomic E-state index is -2.17. The second-order valence-corrected chi connectivity index (χ2v) is 9.25. The Labute approximate surface area is 196 Å². The summed E-state index contributed by atoms with van der Waals surface area (Å²) < 4.78 is -6.50. The summed E-state index contributed by atoms with van der Waals surface area (Å²) >= 11 is 43.2. The number of aliphatic carboxylic acids is 3. The first-order chi connectivity index (χ1) is 8.83. The Morgan fingerprint density at radius 3 is 0.545 bits per heavy atom. The van der Waals surface area contributed by atoms with Crippen LogP contribution in [0, 0.1) is 35.6 Å². The molecule has 1 radical (unpaired) electrons. The van der Waals surface area contributed by atoms with Crippen molar-refractivity contribution in [3.05, 3.63) is 0 Å². The van der Waals surface area contributed by atoms with Gasteiger partial charge in [0.2, 0.25) is 0 Å². The number of alkyl halides is 9. The largest absolute Gasteiger partial charge is 0.478 e. The van der Waals surface area contributed by atoms with Gasteiger partial charge in [-0.3, -0.25) is 0 Å². The van der Waals surface area contributed by atoms with Gasteiger partial charge >= 0.3 is 17.9 Å². The van der Waals surface area contributed by atoms with E-state index in [9.17, 15) is 14.4 Å².